The highest BCUT2D eigenvalue weighted by Crippen LogP contribution is 2.41. The molecule has 1 atom stereocenters. The molecule has 1 saturated heterocycles. The van der Waals surface area contributed by atoms with Crippen molar-refractivity contribution in [1.29, 1.82) is 0 Å². The number of nitrogens with one attached hydrogen (secondary N) is 1. The van der Waals surface area contributed by atoms with E-state index in [-0.39, 0.29) is 0 Å². The average molecular weight is 343 g/mol. The maximum Gasteiger partial charge on any atom is 0.0471 e. The molecule has 1 aromatic rings. The smallest absolute Gasteiger partial charge is 0.0471 e. The van der Waals surface area contributed by atoms with Crippen LogP contribution in [0, 0.1) is 5.92 Å². The second-order valence-corrected chi connectivity index (χ2v) is 7.65. The quantitative estimate of drug-likeness (QED) is 0.891. The third kappa shape index (κ3) is 3.41. The summed E-state index contributed by atoms with van der Waals surface area (Å²) in [6.45, 7) is 4.71. The summed E-state index contributed by atoms with van der Waals surface area (Å²) in [5.41, 5.74) is 0. The predicted octanol–water partition coefficient (Wildman–Crippen LogP) is 4.04. The molecule has 2 heterocycles. The first-order chi connectivity index (χ1) is 9.34. The van der Waals surface area contributed by atoms with Crippen LogP contribution >= 0.6 is 27.3 Å². The third-order valence-electron chi connectivity index (χ3n) is 4.52. The van der Waals surface area contributed by atoms with E-state index in [4.69, 9.17) is 0 Å². The van der Waals surface area contributed by atoms with E-state index in [1.807, 2.05) is 11.3 Å². The standard InChI is InChI=1S/C15H23BrN2S/c16-13-10-14(19-11-13)15(12-4-2-1-3-5-12)18-8-6-17-7-9-18/h10-12,15,17H,1-9H2/t15-/m0/s1. The number of thiophene rings is 1. The summed E-state index contributed by atoms with van der Waals surface area (Å²) in [7, 11) is 0. The lowest BCUT2D eigenvalue weighted by Gasteiger charge is -2.40. The van der Waals surface area contributed by atoms with Crippen molar-refractivity contribution in [2.24, 2.45) is 5.92 Å². The molecule has 2 nitrogen and oxygen atoms in total. The number of piperazine rings is 1. The van der Waals surface area contributed by atoms with Crippen LogP contribution in [0.4, 0.5) is 0 Å². The molecule has 3 rings (SSSR count). The van der Waals surface area contributed by atoms with Crippen LogP contribution in [0.1, 0.15) is 43.0 Å². The Labute approximate surface area is 128 Å². The van der Waals surface area contributed by atoms with Gasteiger partial charge >= 0.3 is 0 Å². The number of hydrogen-bond acceptors (Lipinski definition) is 3. The van der Waals surface area contributed by atoms with Crippen LogP contribution < -0.4 is 5.32 Å². The molecule has 0 aromatic carbocycles. The minimum atomic E-state index is 0.665. The van der Waals surface area contributed by atoms with Crippen LogP contribution in [0.5, 0.6) is 0 Å². The van der Waals surface area contributed by atoms with Gasteiger partial charge in [0.1, 0.15) is 0 Å². The van der Waals surface area contributed by atoms with Gasteiger partial charge in [0.05, 0.1) is 0 Å². The molecule has 0 unspecified atom stereocenters. The zero-order valence-corrected chi connectivity index (χ0v) is 13.8. The molecule has 0 radical (unpaired) electrons. The maximum absolute atomic E-state index is 3.63. The molecule has 1 aliphatic carbocycles. The first-order valence-corrected chi connectivity index (χ1v) is 9.20. The fraction of sp³-hybridized carbons (Fsp3) is 0.733. The van der Waals surface area contributed by atoms with Gasteiger partial charge < -0.3 is 5.32 Å². The first kappa shape index (κ1) is 14.1. The molecular formula is C15H23BrN2S. The Kier molecular flexibility index (Phi) is 4.96. The van der Waals surface area contributed by atoms with E-state index in [9.17, 15) is 0 Å². The van der Waals surface area contributed by atoms with Gasteiger partial charge in [-0.25, -0.2) is 0 Å². The van der Waals surface area contributed by atoms with Crippen molar-refractivity contribution in [2.45, 2.75) is 38.1 Å². The van der Waals surface area contributed by atoms with Crippen molar-refractivity contribution in [1.82, 2.24) is 10.2 Å². The molecule has 4 heteroatoms. The lowest BCUT2D eigenvalue weighted by molar-refractivity contribution is 0.106. The van der Waals surface area contributed by atoms with Crippen LogP contribution in [0.2, 0.25) is 0 Å². The Hall–Kier alpha value is 0.1000. The minimum absolute atomic E-state index is 0.665. The van der Waals surface area contributed by atoms with Gasteiger partial charge in [0, 0.05) is 47.0 Å². The van der Waals surface area contributed by atoms with Crippen molar-refractivity contribution >= 4 is 27.3 Å². The van der Waals surface area contributed by atoms with Crippen LogP contribution in [0.3, 0.4) is 0 Å². The van der Waals surface area contributed by atoms with Gasteiger partial charge in [-0.3, -0.25) is 4.90 Å². The fourth-order valence-electron chi connectivity index (χ4n) is 3.60. The summed E-state index contributed by atoms with van der Waals surface area (Å²) in [5, 5.41) is 5.73. The zero-order chi connectivity index (χ0) is 13.1. The minimum Gasteiger partial charge on any atom is -0.314 e. The van der Waals surface area contributed by atoms with Crippen molar-refractivity contribution in [3.8, 4) is 0 Å². The third-order valence-corrected chi connectivity index (χ3v) is 6.28. The average Bonchev–Trinajstić information content (AvgIpc) is 2.88. The van der Waals surface area contributed by atoms with E-state index < -0.39 is 0 Å². The lowest BCUT2D eigenvalue weighted by atomic mass is 9.82. The molecule has 0 amide bonds. The second-order valence-electron chi connectivity index (χ2n) is 5.80. The number of hydrogen-bond donors (Lipinski definition) is 1. The Morgan fingerprint density at radius 3 is 2.58 bits per heavy atom. The summed E-state index contributed by atoms with van der Waals surface area (Å²) >= 11 is 5.56. The molecule has 2 aliphatic rings. The molecule has 0 spiro atoms. The summed E-state index contributed by atoms with van der Waals surface area (Å²) in [6.07, 6.45) is 7.15. The van der Waals surface area contributed by atoms with Crippen LogP contribution in [-0.4, -0.2) is 31.1 Å². The topological polar surface area (TPSA) is 15.3 Å². The molecule has 1 aromatic heterocycles. The molecule has 2 fully saturated rings. The molecule has 1 N–H and O–H groups in total. The monoisotopic (exact) mass is 342 g/mol. The molecule has 1 aliphatic heterocycles. The van der Waals surface area contributed by atoms with Gasteiger partial charge in [0.15, 0.2) is 0 Å². The van der Waals surface area contributed by atoms with Gasteiger partial charge in [-0.05, 0) is 40.8 Å². The summed E-state index contributed by atoms with van der Waals surface area (Å²) in [6, 6.07) is 3.02. The first-order valence-electron chi connectivity index (χ1n) is 7.53. The van der Waals surface area contributed by atoms with Crippen LogP contribution in [0.25, 0.3) is 0 Å². The Morgan fingerprint density at radius 2 is 1.95 bits per heavy atom. The normalized spacial score (nSPS) is 24.5. The molecule has 106 valence electrons. The molecule has 19 heavy (non-hydrogen) atoms. The molecular weight excluding hydrogens is 320 g/mol. The van der Waals surface area contributed by atoms with Crippen molar-refractivity contribution < 1.29 is 0 Å². The van der Waals surface area contributed by atoms with E-state index in [1.165, 1.54) is 49.7 Å². The van der Waals surface area contributed by atoms with E-state index in [0.717, 1.165) is 19.0 Å². The molecule has 0 bridgehead atoms. The van der Waals surface area contributed by atoms with Crippen molar-refractivity contribution in [2.75, 3.05) is 26.2 Å². The maximum atomic E-state index is 3.63. The van der Waals surface area contributed by atoms with E-state index in [1.54, 1.807) is 4.88 Å². The highest BCUT2D eigenvalue weighted by molar-refractivity contribution is 9.10. The highest BCUT2D eigenvalue weighted by Gasteiger charge is 2.31. The van der Waals surface area contributed by atoms with Gasteiger partial charge in [0.2, 0.25) is 0 Å². The molecule has 1 saturated carbocycles. The summed E-state index contributed by atoms with van der Waals surface area (Å²) in [4.78, 5) is 4.30. The van der Waals surface area contributed by atoms with Crippen LogP contribution in [-0.2, 0) is 0 Å². The highest BCUT2D eigenvalue weighted by atomic mass is 79.9. The SMILES string of the molecule is Brc1csc([C@H](C2CCCCC2)N2CCNCC2)c1. The number of halogens is 1. The van der Waals surface area contributed by atoms with Gasteiger partial charge in [0.25, 0.3) is 0 Å². The second kappa shape index (κ2) is 6.70. The van der Waals surface area contributed by atoms with Crippen molar-refractivity contribution in [3.05, 3.63) is 20.8 Å². The predicted molar refractivity (Wildman–Crippen MR) is 85.8 cm³/mol. The Balaban J connectivity index is 1.81. The number of rotatable bonds is 3. The lowest BCUT2D eigenvalue weighted by Crippen LogP contribution is -2.47. The Morgan fingerprint density at radius 1 is 1.21 bits per heavy atom. The summed E-state index contributed by atoms with van der Waals surface area (Å²) < 4.78 is 1.25. The van der Waals surface area contributed by atoms with E-state index >= 15 is 0 Å². The van der Waals surface area contributed by atoms with Crippen LogP contribution in [0.15, 0.2) is 15.9 Å². The van der Waals surface area contributed by atoms with Crippen molar-refractivity contribution in [3.63, 3.8) is 0 Å². The number of nitrogens with zero attached hydrogens (tertiary/aromatic N) is 1. The van der Waals surface area contributed by atoms with E-state index in [2.05, 4.69) is 37.6 Å². The zero-order valence-electron chi connectivity index (χ0n) is 11.4. The van der Waals surface area contributed by atoms with Gasteiger partial charge in [-0.1, -0.05) is 19.3 Å². The largest absolute Gasteiger partial charge is 0.314 e. The van der Waals surface area contributed by atoms with E-state index in [0.29, 0.717) is 6.04 Å². The fourth-order valence-corrected chi connectivity index (χ4v) is 5.28. The van der Waals surface area contributed by atoms with Gasteiger partial charge in [-0.2, -0.15) is 0 Å². The summed E-state index contributed by atoms with van der Waals surface area (Å²) in [5.74, 6) is 0.873. The Bertz CT molecular complexity index is 377. The van der Waals surface area contributed by atoms with Gasteiger partial charge in [-0.15, -0.1) is 11.3 Å².